The number of carbonyl (C=O) groups excluding carboxylic acids is 2. The number of unbranched alkanes of at least 4 members (excludes halogenated alkanes) is 2. The van der Waals surface area contributed by atoms with Crippen LogP contribution in [-0.4, -0.2) is 22.7 Å². The van der Waals surface area contributed by atoms with Gasteiger partial charge in [-0.05, 0) is 36.8 Å². The molecule has 2 aromatic rings. The van der Waals surface area contributed by atoms with E-state index < -0.39 is 0 Å². The van der Waals surface area contributed by atoms with E-state index in [4.69, 9.17) is 12.2 Å². The van der Waals surface area contributed by atoms with Gasteiger partial charge < -0.3 is 4.90 Å². The number of hydrogen-bond donors (Lipinski definition) is 0. The Labute approximate surface area is 188 Å². The van der Waals surface area contributed by atoms with Gasteiger partial charge >= 0.3 is 0 Å². The van der Waals surface area contributed by atoms with Gasteiger partial charge in [0.2, 0.25) is 0 Å². The average molecular weight is 487 g/mol. The number of thiocarbonyl (C=S) groups is 1. The van der Waals surface area contributed by atoms with Crippen molar-refractivity contribution in [3.63, 3.8) is 0 Å². The number of anilines is 2. The number of hydrogen-bond acceptors (Lipinski definition) is 4. The van der Waals surface area contributed by atoms with Gasteiger partial charge in [0.25, 0.3) is 11.8 Å². The Balaban J connectivity index is 1.74. The van der Waals surface area contributed by atoms with Crippen molar-refractivity contribution < 1.29 is 9.59 Å². The van der Waals surface area contributed by atoms with Crippen molar-refractivity contribution in [1.29, 1.82) is 0 Å². The smallest absolute Gasteiger partial charge is 0.271 e. The number of fused-ring (bicyclic) bond motifs is 1. The fourth-order valence-corrected chi connectivity index (χ4v) is 5.21. The van der Waals surface area contributed by atoms with Crippen molar-refractivity contribution in [3.05, 3.63) is 63.5 Å². The molecule has 0 aromatic heterocycles. The first-order valence-corrected chi connectivity index (χ1v) is 11.5. The predicted molar refractivity (Wildman–Crippen MR) is 127 cm³/mol. The van der Waals surface area contributed by atoms with Gasteiger partial charge in [0, 0.05) is 16.6 Å². The molecule has 0 saturated carbocycles. The molecule has 29 heavy (non-hydrogen) atoms. The Morgan fingerprint density at radius 3 is 2.45 bits per heavy atom. The molecule has 2 heterocycles. The third kappa shape index (κ3) is 3.67. The molecule has 4 rings (SSSR count). The van der Waals surface area contributed by atoms with E-state index in [1.165, 1.54) is 16.7 Å². The van der Waals surface area contributed by atoms with Crippen LogP contribution in [0.5, 0.6) is 0 Å². The molecule has 2 aliphatic heterocycles. The Morgan fingerprint density at radius 1 is 1.00 bits per heavy atom. The zero-order chi connectivity index (χ0) is 20.5. The highest BCUT2D eigenvalue weighted by atomic mass is 79.9. The topological polar surface area (TPSA) is 40.6 Å². The summed E-state index contributed by atoms with van der Waals surface area (Å²) in [7, 11) is 0. The van der Waals surface area contributed by atoms with E-state index in [1.807, 2.05) is 48.5 Å². The van der Waals surface area contributed by atoms with Crippen LogP contribution in [0, 0.1) is 0 Å². The number of benzene rings is 2. The van der Waals surface area contributed by atoms with E-state index in [0.29, 0.717) is 27.0 Å². The lowest BCUT2D eigenvalue weighted by atomic mass is 10.1. The highest BCUT2D eigenvalue weighted by Gasteiger charge is 2.42. The zero-order valence-corrected chi connectivity index (χ0v) is 19.1. The molecule has 0 unspecified atom stereocenters. The third-order valence-electron chi connectivity index (χ3n) is 4.99. The maximum Gasteiger partial charge on any atom is 0.271 e. The second-order valence-electron chi connectivity index (χ2n) is 6.87. The van der Waals surface area contributed by atoms with E-state index in [2.05, 4.69) is 22.9 Å². The molecule has 4 nitrogen and oxygen atoms in total. The maximum atomic E-state index is 13.3. The minimum atomic E-state index is -0.240. The SMILES string of the molecule is CCCCCN1C(=O)/C(=C2\SC(=S)N(c3ccc(Br)cc3)C2=O)c2ccccc21. The van der Waals surface area contributed by atoms with E-state index in [1.54, 1.807) is 4.90 Å². The first kappa shape index (κ1) is 20.3. The molecule has 0 N–H and O–H groups in total. The number of para-hydroxylation sites is 1. The fraction of sp³-hybridized carbons (Fsp3) is 0.227. The number of rotatable bonds is 5. The summed E-state index contributed by atoms with van der Waals surface area (Å²) in [4.78, 5) is 30.3. The summed E-state index contributed by atoms with van der Waals surface area (Å²) >= 11 is 10.1. The minimum absolute atomic E-state index is 0.112. The van der Waals surface area contributed by atoms with Crippen molar-refractivity contribution in [2.24, 2.45) is 0 Å². The highest BCUT2D eigenvalue weighted by Crippen LogP contribution is 2.45. The van der Waals surface area contributed by atoms with Gasteiger partial charge in [-0.1, -0.05) is 77.9 Å². The molecule has 2 aliphatic rings. The molecule has 0 aliphatic carbocycles. The number of thioether (sulfide) groups is 1. The normalized spacial score (nSPS) is 18.8. The van der Waals surface area contributed by atoms with Gasteiger partial charge in [0.1, 0.15) is 0 Å². The van der Waals surface area contributed by atoms with Gasteiger partial charge in [0.15, 0.2) is 4.32 Å². The highest BCUT2D eigenvalue weighted by molar-refractivity contribution is 9.10. The van der Waals surface area contributed by atoms with Crippen molar-refractivity contribution in [2.45, 2.75) is 26.2 Å². The fourth-order valence-electron chi connectivity index (χ4n) is 3.57. The van der Waals surface area contributed by atoms with Crippen LogP contribution >= 0.6 is 39.9 Å². The molecular weight excluding hydrogens is 468 g/mol. The molecule has 0 spiro atoms. The molecule has 1 saturated heterocycles. The number of nitrogens with zero attached hydrogens (tertiary/aromatic N) is 2. The minimum Gasteiger partial charge on any atom is -0.308 e. The lowest BCUT2D eigenvalue weighted by molar-refractivity contribution is -0.115. The largest absolute Gasteiger partial charge is 0.308 e. The summed E-state index contributed by atoms with van der Waals surface area (Å²) in [6, 6.07) is 15.1. The summed E-state index contributed by atoms with van der Waals surface area (Å²) < 4.78 is 1.36. The molecule has 0 bridgehead atoms. The van der Waals surface area contributed by atoms with E-state index in [0.717, 1.165) is 35.0 Å². The quantitative estimate of drug-likeness (QED) is 0.306. The lowest BCUT2D eigenvalue weighted by Crippen LogP contribution is -2.29. The number of carbonyl (C=O) groups is 2. The van der Waals surface area contributed by atoms with Gasteiger partial charge in [-0.3, -0.25) is 14.5 Å². The lowest BCUT2D eigenvalue weighted by Gasteiger charge is -2.16. The molecule has 2 aromatic carbocycles. The summed E-state index contributed by atoms with van der Waals surface area (Å²) in [5.74, 6) is -0.352. The van der Waals surface area contributed by atoms with Crippen LogP contribution in [0.1, 0.15) is 31.7 Å². The number of amides is 2. The standard InChI is InChI=1S/C22H19BrN2O2S2/c1-2-3-6-13-24-17-8-5-4-7-16(17)18(20(24)26)19-21(27)25(22(28)29-19)15-11-9-14(23)10-12-15/h4-5,7-12H,2-3,6,13H2,1H3/b19-18-. The summed E-state index contributed by atoms with van der Waals surface area (Å²) in [6.45, 7) is 2.79. The molecule has 1 fully saturated rings. The molecule has 0 radical (unpaired) electrons. The zero-order valence-electron chi connectivity index (χ0n) is 15.9. The summed E-state index contributed by atoms with van der Waals surface area (Å²) in [6.07, 6.45) is 3.08. The molecule has 0 atom stereocenters. The van der Waals surface area contributed by atoms with Crippen LogP contribution in [-0.2, 0) is 9.59 Å². The summed E-state index contributed by atoms with van der Waals surface area (Å²) in [5.41, 5.74) is 2.85. The van der Waals surface area contributed by atoms with E-state index >= 15 is 0 Å². The maximum absolute atomic E-state index is 13.3. The van der Waals surface area contributed by atoms with Gasteiger partial charge in [-0.15, -0.1) is 0 Å². The van der Waals surface area contributed by atoms with Crippen LogP contribution in [0.25, 0.3) is 5.57 Å². The van der Waals surface area contributed by atoms with Crippen molar-refractivity contribution >= 4 is 73.0 Å². The molecule has 148 valence electrons. The molecule has 2 amide bonds. The van der Waals surface area contributed by atoms with E-state index in [-0.39, 0.29) is 11.8 Å². The molecule has 7 heteroatoms. The van der Waals surface area contributed by atoms with Crippen LogP contribution in [0.15, 0.2) is 57.9 Å². The van der Waals surface area contributed by atoms with E-state index in [9.17, 15) is 9.59 Å². The van der Waals surface area contributed by atoms with Crippen LogP contribution in [0.2, 0.25) is 0 Å². The predicted octanol–water partition coefficient (Wildman–Crippen LogP) is 5.76. The van der Waals surface area contributed by atoms with Crippen LogP contribution in [0.4, 0.5) is 11.4 Å². The van der Waals surface area contributed by atoms with Crippen LogP contribution < -0.4 is 9.80 Å². The van der Waals surface area contributed by atoms with Crippen molar-refractivity contribution in [3.8, 4) is 0 Å². The molecular formula is C22H19BrN2O2S2. The average Bonchev–Trinajstić information content (AvgIpc) is 3.16. The number of halogens is 1. The van der Waals surface area contributed by atoms with Crippen LogP contribution in [0.3, 0.4) is 0 Å². The Bertz CT molecular complexity index is 1030. The Hall–Kier alpha value is -1.96. The van der Waals surface area contributed by atoms with Crippen molar-refractivity contribution in [2.75, 3.05) is 16.3 Å². The summed E-state index contributed by atoms with van der Waals surface area (Å²) in [5, 5.41) is 0. The van der Waals surface area contributed by atoms with Crippen molar-refractivity contribution in [1.82, 2.24) is 0 Å². The third-order valence-corrected chi connectivity index (χ3v) is 6.89. The van der Waals surface area contributed by atoms with Gasteiger partial charge in [-0.2, -0.15) is 0 Å². The second-order valence-corrected chi connectivity index (χ2v) is 9.43. The second kappa shape index (κ2) is 8.42. The van der Waals surface area contributed by atoms with Gasteiger partial charge in [-0.25, -0.2) is 0 Å². The Kier molecular flexibility index (Phi) is 5.90. The Morgan fingerprint density at radius 2 is 1.72 bits per heavy atom. The first-order chi connectivity index (χ1) is 14.0. The monoisotopic (exact) mass is 486 g/mol. The first-order valence-electron chi connectivity index (χ1n) is 9.50. The van der Waals surface area contributed by atoms with Gasteiger partial charge in [0.05, 0.1) is 21.9 Å².